The quantitative estimate of drug-likeness (QED) is 0.589. The van der Waals surface area contributed by atoms with E-state index in [1.54, 1.807) is 0 Å². The van der Waals surface area contributed by atoms with E-state index in [0.29, 0.717) is 19.6 Å². The van der Waals surface area contributed by atoms with Crippen molar-refractivity contribution >= 4 is 11.9 Å². The Morgan fingerprint density at radius 2 is 2.07 bits per heavy atom. The molecule has 0 aliphatic heterocycles. The Balaban J connectivity index is 3.84. The van der Waals surface area contributed by atoms with Crippen LogP contribution in [0.4, 0.5) is 0 Å². The molecule has 5 nitrogen and oxygen atoms in total. The zero-order valence-electron chi connectivity index (χ0n) is 9.28. The molecule has 15 heavy (non-hydrogen) atoms. The van der Waals surface area contributed by atoms with Crippen LogP contribution >= 0.6 is 0 Å². The van der Waals surface area contributed by atoms with E-state index in [1.165, 1.54) is 0 Å². The molecular formula is C10H19NO4. The number of ether oxygens (including phenoxy) is 1. The van der Waals surface area contributed by atoms with Crippen molar-refractivity contribution in [2.24, 2.45) is 0 Å². The fraction of sp³-hybridized carbons (Fsp3) is 0.800. The molecule has 0 unspecified atom stereocenters. The number of rotatable bonds is 8. The monoisotopic (exact) mass is 217 g/mol. The topological polar surface area (TPSA) is 75.6 Å². The highest BCUT2D eigenvalue weighted by Crippen LogP contribution is 1.97. The van der Waals surface area contributed by atoms with E-state index in [4.69, 9.17) is 9.84 Å². The van der Waals surface area contributed by atoms with Gasteiger partial charge in [-0.25, -0.2) is 4.79 Å². The number of carboxylic acid groups (broad SMARTS) is 1. The second-order valence-corrected chi connectivity index (χ2v) is 3.19. The lowest BCUT2D eigenvalue weighted by Gasteiger charge is -2.13. The highest BCUT2D eigenvalue weighted by Gasteiger charge is 2.18. The predicted molar refractivity (Wildman–Crippen MR) is 55.6 cm³/mol. The summed E-state index contributed by atoms with van der Waals surface area (Å²) in [6.07, 6.45) is 1.39. The minimum Gasteiger partial charge on any atom is -0.480 e. The number of aliphatic carboxylic acids is 1. The maximum atomic E-state index is 11.3. The lowest BCUT2D eigenvalue weighted by Crippen LogP contribution is -2.40. The Morgan fingerprint density at radius 1 is 1.40 bits per heavy atom. The number of carbonyl (C=O) groups is 2. The molecule has 88 valence electrons. The highest BCUT2D eigenvalue weighted by molar-refractivity contribution is 5.83. The largest absolute Gasteiger partial charge is 0.480 e. The highest BCUT2D eigenvalue weighted by atomic mass is 16.5. The molecule has 0 aromatic rings. The summed E-state index contributed by atoms with van der Waals surface area (Å²) in [4.78, 5) is 22.0. The second kappa shape index (κ2) is 8.23. The molecule has 0 saturated carbocycles. The molecule has 0 aromatic carbocycles. The van der Waals surface area contributed by atoms with Gasteiger partial charge in [0.05, 0.1) is 6.61 Å². The van der Waals surface area contributed by atoms with Crippen LogP contribution in [0.25, 0.3) is 0 Å². The fourth-order valence-electron chi connectivity index (χ4n) is 1.12. The van der Waals surface area contributed by atoms with Gasteiger partial charge in [-0.2, -0.15) is 0 Å². The van der Waals surface area contributed by atoms with Crippen LogP contribution in [0.3, 0.4) is 0 Å². The number of carbonyl (C=O) groups excluding carboxylic acids is 1. The first kappa shape index (κ1) is 13.9. The van der Waals surface area contributed by atoms with Crippen LogP contribution in [0.2, 0.25) is 0 Å². The Kier molecular flexibility index (Phi) is 7.62. The normalized spacial score (nSPS) is 12.1. The van der Waals surface area contributed by atoms with Gasteiger partial charge >= 0.3 is 5.97 Å². The molecule has 0 heterocycles. The molecule has 0 radical (unpaired) electrons. The van der Waals surface area contributed by atoms with Crippen LogP contribution in [0.15, 0.2) is 0 Å². The van der Waals surface area contributed by atoms with Crippen LogP contribution in [0.1, 0.15) is 33.1 Å². The average molecular weight is 217 g/mol. The van der Waals surface area contributed by atoms with E-state index in [2.05, 4.69) is 5.32 Å². The van der Waals surface area contributed by atoms with Crippen LogP contribution in [0.5, 0.6) is 0 Å². The van der Waals surface area contributed by atoms with Crippen LogP contribution in [0, 0.1) is 0 Å². The van der Waals surface area contributed by atoms with Crippen LogP contribution < -0.4 is 5.32 Å². The zero-order chi connectivity index (χ0) is 11.7. The summed E-state index contributed by atoms with van der Waals surface area (Å²) in [6, 6.07) is -0.774. The Morgan fingerprint density at radius 3 is 2.53 bits per heavy atom. The van der Waals surface area contributed by atoms with E-state index in [9.17, 15) is 9.59 Å². The maximum Gasteiger partial charge on any atom is 0.326 e. The van der Waals surface area contributed by atoms with Gasteiger partial charge in [-0.15, -0.1) is 0 Å². The zero-order valence-corrected chi connectivity index (χ0v) is 9.28. The molecule has 0 fully saturated rings. The third-order valence-electron chi connectivity index (χ3n) is 1.89. The van der Waals surface area contributed by atoms with Gasteiger partial charge in [0, 0.05) is 13.0 Å². The number of amides is 1. The summed E-state index contributed by atoms with van der Waals surface area (Å²) < 4.78 is 5.00. The van der Waals surface area contributed by atoms with E-state index in [-0.39, 0.29) is 12.3 Å². The van der Waals surface area contributed by atoms with Crippen molar-refractivity contribution in [2.75, 3.05) is 13.2 Å². The Labute approximate surface area is 89.8 Å². The third kappa shape index (κ3) is 6.90. The Hall–Kier alpha value is -1.10. The van der Waals surface area contributed by atoms with Gasteiger partial charge in [0.25, 0.3) is 0 Å². The van der Waals surface area contributed by atoms with Gasteiger partial charge < -0.3 is 15.2 Å². The average Bonchev–Trinajstić information content (AvgIpc) is 2.17. The molecule has 1 amide bonds. The van der Waals surface area contributed by atoms with Crippen molar-refractivity contribution in [1.82, 2.24) is 5.32 Å². The fourth-order valence-corrected chi connectivity index (χ4v) is 1.12. The SMILES string of the molecule is CCC[C@H](NC(=O)CCOCC)C(=O)O. The first-order chi connectivity index (χ1) is 7.11. The molecule has 0 bridgehead atoms. The van der Waals surface area contributed by atoms with Gasteiger partial charge in [-0.3, -0.25) is 4.79 Å². The van der Waals surface area contributed by atoms with Crippen molar-refractivity contribution in [3.05, 3.63) is 0 Å². The lowest BCUT2D eigenvalue weighted by atomic mass is 10.1. The number of hydrogen-bond acceptors (Lipinski definition) is 3. The summed E-state index contributed by atoms with van der Waals surface area (Å²) in [5, 5.41) is 11.2. The molecule has 5 heteroatoms. The molecule has 1 atom stereocenters. The summed E-state index contributed by atoms with van der Waals surface area (Å²) in [5.41, 5.74) is 0. The minimum atomic E-state index is -0.985. The summed E-state index contributed by atoms with van der Waals surface area (Å²) in [7, 11) is 0. The van der Waals surface area contributed by atoms with Gasteiger partial charge in [0.2, 0.25) is 5.91 Å². The third-order valence-corrected chi connectivity index (χ3v) is 1.89. The summed E-state index contributed by atoms with van der Waals surface area (Å²) in [5.74, 6) is -1.26. The van der Waals surface area contributed by atoms with Gasteiger partial charge in [0.15, 0.2) is 0 Å². The first-order valence-electron chi connectivity index (χ1n) is 5.21. The van der Waals surface area contributed by atoms with Gasteiger partial charge in [0.1, 0.15) is 6.04 Å². The van der Waals surface area contributed by atoms with E-state index >= 15 is 0 Å². The van der Waals surface area contributed by atoms with Gasteiger partial charge in [-0.05, 0) is 13.3 Å². The second-order valence-electron chi connectivity index (χ2n) is 3.19. The van der Waals surface area contributed by atoms with Crippen LogP contribution in [-0.2, 0) is 14.3 Å². The number of nitrogens with one attached hydrogen (secondary N) is 1. The van der Waals surface area contributed by atoms with Crippen molar-refractivity contribution in [3.63, 3.8) is 0 Å². The molecule has 0 spiro atoms. The van der Waals surface area contributed by atoms with E-state index < -0.39 is 12.0 Å². The number of hydrogen-bond donors (Lipinski definition) is 2. The lowest BCUT2D eigenvalue weighted by molar-refractivity contribution is -0.142. The van der Waals surface area contributed by atoms with Crippen LogP contribution in [-0.4, -0.2) is 36.2 Å². The van der Waals surface area contributed by atoms with Crippen molar-refractivity contribution in [1.29, 1.82) is 0 Å². The summed E-state index contributed by atoms with van der Waals surface area (Å²) >= 11 is 0. The molecular weight excluding hydrogens is 198 g/mol. The van der Waals surface area contributed by atoms with Crippen molar-refractivity contribution in [3.8, 4) is 0 Å². The molecule has 2 N–H and O–H groups in total. The predicted octanol–water partition coefficient (Wildman–Crippen LogP) is 0.782. The van der Waals surface area contributed by atoms with E-state index in [1.807, 2.05) is 13.8 Å². The molecule has 0 aliphatic rings. The summed E-state index contributed by atoms with van der Waals surface area (Å²) in [6.45, 7) is 4.61. The molecule has 0 saturated heterocycles. The van der Waals surface area contributed by atoms with E-state index in [0.717, 1.165) is 6.42 Å². The maximum absolute atomic E-state index is 11.3. The minimum absolute atomic E-state index is 0.210. The van der Waals surface area contributed by atoms with Gasteiger partial charge in [-0.1, -0.05) is 13.3 Å². The first-order valence-corrected chi connectivity index (χ1v) is 5.21. The smallest absolute Gasteiger partial charge is 0.326 e. The standard InChI is InChI=1S/C10H19NO4/c1-3-5-8(10(13)14)11-9(12)6-7-15-4-2/h8H,3-7H2,1-2H3,(H,11,12)(H,13,14)/t8-/m0/s1. The van der Waals surface area contributed by atoms with Crippen molar-refractivity contribution in [2.45, 2.75) is 39.2 Å². The molecule has 0 aliphatic carbocycles. The number of carboxylic acids is 1. The molecule has 0 aromatic heterocycles. The molecule has 0 rings (SSSR count). The van der Waals surface area contributed by atoms with Crippen molar-refractivity contribution < 1.29 is 19.4 Å². The Bertz CT molecular complexity index is 206.